The van der Waals surface area contributed by atoms with Gasteiger partial charge in [0.2, 0.25) is 5.91 Å². The van der Waals surface area contributed by atoms with E-state index in [9.17, 15) is 24.3 Å². The standard InChI is InChI=1S/C26H25NO5S/c1-16(25(30)27-22(26(31)32)15-18-9-4-3-5-10-18)24(33-17(2)28)23(29)21-14-8-12-19-11-6-7-13-20(19)21/h3-14,16,22,24H,15H2,1-2H3,(H,27,30)(H,31,32). The number of carbonyl (C=O) groups excluding carboxylic acids is 3. The first kappa shape index (κ1) is 24.2. The molecule has 3 rings (SSSR count). The van der Waals surface area contributed by atoms with Crippen LogP contribution in [-0.2, 0) is 20.8 Å². The predicted molar refractivity (Wildman–Crippen MR) is 129 cm³/mol. The van der Waals surface area contributed by atoms with Gasteiger partial charge in [0.1, 0.15) is 6.04 Å². The Balaban J connectivity index is 1.85. The lowest BCUT2D eigenvalue weighted by Gasteiger charge is -2.23. The molecule has 2 N–H and O–H groups in total. The van der Waals surface area contributed by atoms with Crippen molar-refractivity contribution in [2.45, 2.75) is 31.6 Å². The van der Waals surface area contributed by atoms with Crippen LogP contribution < -0.4 is 5.32 Å². The average molecular weight is 464 g/mol. The molecule has 0 aliphatic heterocycles. The van der Waals surface area contributed by atoms with E-state index in [2.05, 4.69) is 5.32 Å². The van der Waals surface area contributed by atoms with Crippen LogP contribution in [-0.4, -0.2) is 39.2 Å². The smallest absolute Gasteiger partial charge is 0.326 e. The molecule has 0 aliphatic rings. The van der Waals surface area contributed by atoms with Gasteiger partial charge in [0.25, 0.3) is 0 Å². The monoisotopic (exact) mass is 463 g/mol. The number of rotatable bonds is 9. The van der Waals surface area contributed by atoms with E-state index in [1.54, 1.807) is 43.3 Å². The number of hydrogen-bond acceptors (Lipinski definition) is 5. The Kier molecular flexibility index (Phi) is 8.01. The molecule has 0 radical (unpaired) electrons. The third-order valence-corrected chi connectivity index (χ3v) is 6.58. The van der Waals surface area contributed by atoms with Crippen LogP contribution in [0.4, 0.5) is 0 Å². The summed E-state index contributed by atoms with van der Waals surface area (Å²) in [6, 6.07) is 20.5. The van der Waals surface area contributed by atoms with Crippen molar-refractivity contribution in [3.63, 3.8) is 0 Å². The van der Waals surface area contributed by atoms with Gasteiger partial charge in [-0.3, -0.25) is 14.4 Å². The SMILES string of the molecule is CC(=O)SC(C(=O)c1cccc2ccccc12)C(C)C(=O)NC(Cc1ccccc1)C(=O)O. The summed E-state index contributed by atoms with van der Waals surface area (Å²) < 4.78 is 0. The van der Waals surface area contributed by atoms with E-state index >= 15 is 0 Å². The predicted octanol–water partition coefficient (Wildman–Crippen LogP) is 4.12. The maximum atomic E-state index is 13.5. The highest BCUT2D eigenvalue weighted by molar-refractivity contribution is 8.14. The van der Waals surface area contributed by atoms with Gasteiger partial charge in [0.05, 0.1) is 11.2 Å². The summed E-state index contributed by atoms with van der Waals surface area (Å²) in [6.07, 6.45) is 0.108. The number of aliphatic carboxylic acids is 1. The summed E-state index contributed by atoms with van der Waals surface area (Å²) in [4.78, 5) is 50.2. The minimum Gasteiger partial charge on any atom is -0.480 e. The molecular weight excluding hydrogens is 438 g/mol. The number of fused-ring (bicyclic) bond motifs is 1. The third kappa shape index (κ3) is 6.08. The fourth-order valence-electron chi connectivity index (χ4n) is 3.65. The van der Waals surface area contributed by atoms with Crippen LogP contribution in [0.3, 0.4) is 0 Å². The van der Waals surface area contributed by atoms with Crippen LogP contribution in [0.1, 0.15) is 29.8 Å². The average Bonchev–Trinajstić information content (AvgIpc) is 2.81. The molecule has 0 aliphatic carbocycles. The molecule has 3 aromatic carbocycles. The van der Waals surface area contributed by atoms with E-state index in [0.717, 1.165) is 28.1 Å². The highest BCUT2D eigenvalue weighted by Crippen LogP contribution is 2.28. The number of carboxylic acids is 1. The largest absolute Gasteiger partial charge is 0.480 e. The van der Waals surface area contributed by atoms with Crippen molar-refractivity contribution in [1.29, 1.82) is 0 Å². The Hall–Kier alpha value is -3.45. The zero-order valence-electron chi connectivity index (χ0n) is 18.4. The van der Waals surface area contributed by atoms with Crippen molar-refractivity contribution in [2.24, 2.45) is 5.92 Å². The van der Waals surface area contributed by atoms with Crippen molar-refractivity contribution < 1.29 is 24.3 Å². The third-order valence-electron chi connectivity index (χ3n) is 5.37. The van der Waals surface area contributed by atoms with Crippen LogP contribution in [0.5, 0.6) is 0 Å². The van der Waals surface area contributed by atoms with Crippen LogP contribution in [0, 0.1) is 5.92 Å². The van der Waals surface area contributed by atoms with Gasteiger partial charge < -0.3 is 10.4 Å². The molecule has 0 spiro atoms. The van der Waals surface area contributed by atoms with Crippen LogP contribution in [0.25, 0.3) is 10.8 Å². The number of thioether (sulfide) groups is 1. The Morgan fingerprint density at radius 2 is 1.55 bits per heavy atom. The summed E-state index contributed by atoms with van der Waals surface area (Å²) in [6.45, 7) is 2.88. The molecule has 6 nitrogen and oxygen atoms in total. The second-order valence-corrected chi connectivity index (χ2v) is 9.12. The van der Waals surface area contributed by atoms with E-state index < -0.39 is 29.1 Å². The number of carboxylic acid groups (broad SMARTS) is 1. The van der Waals surface area contributed by atoms with E-state index in [4.69, 9.17) is 0 Å². The van der Waals surface area contributed by atoms with Gasteiger partial charge in [-0.05, 0) is 16.3 Å². The normalized spacial score (nSPS) is 13.6. The minimum atomic E-state index is -1.17. The Labute approximate surface area is 196 Å². The number of amides is 1. The second kappa shape index (κ2) is 10.9. The van der Waals surface area contributed by atoms with Gasteiger partial charge in [-0.15, -0.1) is 0 Å². The summed E-state index contributed by atoms with van der Waals surface area (Å²) in [5, 5.41) is 12.5. The molecule has 170 valence electrons. The number of ketones is 1. The molecule has 33 heavy (non-hydrogen) atoms. The van der Waals surface area contributed by atoms with Crippen LogP contribution in [0.2, 0.25) is 0 Å². The molecule has 0 heterocycles. The first-order valence-corrected chi connectivity index (χ1v) is 11.4. The maximum Gasteiger partial charge on any atom is 0.326 e. The van der Waals surface area contributed by atoms with Crippen molar-refractivity contribution in [3.05, 3.63) is 83.9 Å². The molecule has 3 unspecified atom stereocenters. The van der Waals surface area contributed by atoms with Crippen LogP contribution in [0.15, 0.2) is 72.8 Å². The van der Waals surface area contributed by atoms with E-state index in [-0.39, 0.29) is 17.3 Å². The van der Waals surface area contributed by atoms with Gasteiger partial charge >= 0.3 is 5.97 Å². The minimum absolute atomic E-state index is 0.108. The summed E-state index contributed by atoms with van der Waals surface area (Å²) in [5.41, 5.74) is 1.19. The first-order chi connectivity index (χ1) is 15.8. The summed E-state index contributed by atoms with van der Waals surface area (Å²) in [5.74, 6) is -3.03. The van der Waals surface area contributed by atoms with E-state index in [1.807, 2.05) is 36.4 Å². The number of benzene rings is 3. The van der Waals surface area contributed by atoms with Crippen molar-refractivity contribution in [3.8, 4) is 0 Å². The van der Waals surface area contributed by atoms with Gasteiger partial charge in [0, 0.05) is 18.9 Å². The van der Waals surface area contributed by atoms with E-state index in [1.165, 1.54) is 6.92 Å². The van der Waals surface area contributed by atoms with Gasteiger partial charge in [-0.1, -0.05) is 91.5 Å². The Morgan fingerprint density at radius 1 is 0.909 bits per heavy atom. The number of hydrogen-bond donors (Lipinski definition) is 2. The number of Topliss-reactive ketones (excluding diaryl/α,β-unsaturated/α-hetero) is 1. The molecule has 0 fully saturated rings. The van der Waals surface area contributed by atoms with E-state index in [0.29, 0.717) is 5.56 Å². The quantitative estimate of drug-likeness (QED) is 0.463. The van der Waals surface area contributed by atoms with Crippen molar-refractivity contribution in [2.75, 3.05) is 0 Å². The van der Waals surface area contributed by atoms with Gasteiger partial charge in [-0.2, -0.15) is 0 Å². The fraction of sp³-hybridized carbons (Fsp3) is 0.231. The topological polar surface area (TPSA) is 101 Å². The Morgan fingerprint density at radius 3 is 2.21 bits per heavy atom. The van der Waals surface area contributed by atoms with Crippen molar-refractivity contribution >= 4 is 45.3 Å². The lowest BCUT2D eigenvalue weighted by molar-refractivity contribution is -0.142. The van der Waals surface area contributed by atoms with Crippen LogP contribution >= 0.6 is 11.8 Å². The molecule has 3 atom stereocenters. The zero-order valence-corrected chi connectivity index (χ0v) is 19.2. The molecule has 0 saturated carbocycles. The van der Waals surface area contributed by atoms with Gasteiger partial charge in [0.15, 0.2) is 10.9 Å². The molecular formula is C26H25NO5S. The number of nitrogens with one attached hydrogen (secondary N) is 1. The zero-order chi connectivity index (χ0) is 24.0. The highest BCUT2D eigenvalue weighted by atomic mass is 32.2. The molecule has 7 heteroatoms. The lowest BCUT2D eigenvalue weighted by atomic mass is 9.94. The highest BCUT2D eigenvalue weighted by Gasteiger charge is 2.35. The fourth-order valence-corrected chi connectivity index (χ4v) is 4.56. The summed E-state index contributed by atoms with van der Waals surface area (Å²) >= 11 is 0.790. The molecule has 0 saturated heterocycles. The summed E-state index contributed by atoms with van der Waals surface area (Å²) in [7, 11) is 0. The number of carbonyl (C=O) groups is 4. The molecule has 1 amide bonds. The maximum absolute atomic E-state index is 13.5. The molecule has 0 bridgehead atoms. The second-order valence-electron chi connectivity index (χ2n) is 7.80. The lowest BCUT2D eigenvalue weighted by Crippen LogP contribution is -2.47. The molecule has 3 aromatic rings. The molecule has 0 aromatic heterocycles. The van der Waals surface area contributed by atoms with Crippen molar-refractivity contribution in [1.82, 2.24) is 5.32 Å². The first-order valence-electron chi connectivity index (χ1n) is 10.5. The Bertz CT molecular complexity index is 1170. The van der Waals surface area contributed by atoms with Gasteiger partial charge in [-0.25, -0.2) is 4.79 Å².